The first-order valence-electron chi connectivity index (χ1n) is 7.67. The first kappa shape index (κ1) is 15.7. The number of amides is 1. The molecule has 1 aromatic carbocycles. The summed E-state index contributed by atoms with van der Waals surface area (Å²) in [6.45, 7) is -1.20. The van der Waals surface area contributed by atoms with Gasteiger partial charge in [0.25, 0.3) is 0 Å². The zero-order valence-corrected chi connectivity index (χ0v) is 12.9. The summed E-state index contributed by atoms with van der Waals surface area (Å²) < 4.78 is 43.3. The molecule has 4 rings (SSSR count). The molecule has 1 N–H and O–H groups in total. The fourth-order valence-corrected chi connectivity index (χ4v) is 3.04. The van der Waals surface area contributed by atoms with E-state index in [0.29, 0.717) is 22.5 Å². The third-order valence-electron chi connectivity index (χ3n) is 4.14. The van der Waals surface area contributed by atoms with Gasteiger partial charge in [0.2, 0.25) is 5.91 Å². The third-order valence-corrected chi connectivity index (χ3v) is 4.14. The highest BCUT2D eigenvalue weighted by Gasteiger charge is 2.39. The summed E-state index contributed by atoms with van der Waals surface area (Å²) in [6, 6.07) is 6.53. The number of alkyl halides is 3. The average molecular weight is 350 g/mol. The maximum atomic E-state index is 12.5. The second-order valence-electron chi connectivity index (χ2n) is 5.86. The molecule has 0 saturated carbocycles. The number of carbonyl (C=O) groups excluding carboxylic acids is 1. The molecule has 1 unspecified atom stereocenters. The molecular formula is C16H13F3N4O2. The van der Waals surface area contributed by atoms with Crippen molar-refractivity contribution in [1.29, 1.82) is 0 Å². The van der Waals surface area contributed by atoms with Crippen molar-refractivity contribution in [2.24, 2.45) is 0 Å². The number of carbonyl (C=O) groups is 1. The lowest BCUT2D eigenvalue weighted by molar-refractivity contribution is -0.157. The van der Waals surface area contributed by atoms with Gasteiger partial charge in [0.05, 0.1) is 0 Å². The van der Waals surface area contributed by atoms with Gasteiger partial charge in [-0.2, -0.15) is 13.2 Å². The van der Waals surface area contributed by atoms with Crippen LogP contribution in [0.25, 0.3) is 22.1 Å². The summed E-state index contributed by atoms with van der Waals surface area (Å²) in [4.78, 5) is 21.3. The Morgan fingerprint density at radius 2 is 2.08 bits per heavy atom. The van der Waals surface area contributed by atoms with Crippen molar-refractivity contribution in [1.82, 2.24) is 14.9 Å². The van der Waals surface area contributed by atoms with Gasteiger partial charge in [-0.15, -0.1) is 0 Å². The zero-order valence-electron chi connectivity index (χ0n) is 12.9. The number of hydrogen-bond acceptors (Lipinski definition) is 5. The molecule has 1 fully saturated rings. The fraction of sp³-hybridized carbons (Fsp3) is 0.312. The van der Waals surface area contributed by atoms with Crippen LogP contribution in [0.4, 0.5) is 19.0 Å². The van der Waals surface area contributed by atoms with Gasteiger partial charge in [0.1, 0.15) is 30.0 Å². The number of hydrogen-bond donors (Lipinski definition) is 1. The van der Waals surface area contributed by atoms with Crippen molar-refractivity contribution in [2.75, 3.05) is 18.4 Å². The Balaban J connectivity index is 1.62. The summed E-state index contributed by atoms with van der Waals surface area (Å²) in [5, 5.41) is 3.71. The highest BCUT2D eigenvalue weighted by atomic mass is 19.4. The molecule has 1 aliphatic rings. The summed E-state index contributed by atoms with van der Waals surface area (Å²) in [7, 11) is 0. The smallest absolute Gasteiger partial charge is 0.406 e. The van der Waals surface area contributed by atoms with E-state index in [1.165, 1.54) is 6.33 Å². The molecule has 6 nitrogen and oxygen atoms in total. The van der Waals surface area contributed by atoms with E-state index in [2.05, 4.69) is 15.3 Å². The number of fused-ring (bicyclic) bond motifs is 3. The van der Waals surface area contributed by atoms with Crippen molar-refractivity contribution >= 4 is 33.8 Å². The minimum Gasteiger partial charge on any atom is -0.450 e. The summed E-state index contributed by atoms with van der Waals surface area (Å²) in [6.07, 6.45) is -2.81. The van der Waals surface area contributed by atoms with E-state index < -0.39 is 24.7 Å². The molecule has 1 atom stereocenters. The van der Waals surface area contributed by atoms with Crippen molar-refractivity contribution < 1.29 is 22.4 Å². The van der Waals surface area contributed by atoms with Gasteiger partial charge >= 0.3 is 6.18 Å². The lowest BCUT2D eigenvalue weighted by atomic mass is 10.2. The second kappa shape index (κ2) is 5.61. The van der Waals surface area contributed by atoms with Crippen LogP contribution < -0.4 is 5.32 Å². The maximum Gasteiger partial charge on any atom is 0.406 e. The van der Waals surface area contributed by atoms with Crippen LogP contribution in [-0.4, -0.2) is 46.1 Å². The van der Waals surface area contributed by atoms with Crippen LogP contribution in [0.15, 0.2) is 35.0 Å². The Morgan fingerprint density at radius 1 is 1.28 bits per heavy atom. The number of furan rings is 1. The molecular weight excluding hydrogens is 337 g/mol. The van der Waals surface area contributed by atoms with Gasteiger partial charge in [0.15, 0.2) is 11.4 Å². The SMILES string of the molecule is O=C1C(Nc2ncnc3c2oc2ccccc23)CCN1CC(F)(F)F. The second-order valence-corrected chi connectivity index (χ2v) is 5.86. The van der Waals surface area contributed by atoms with Gasteiger partial charge < -0.3 is 14.6 Å². The van der Waals surface area contributed by atoms with Crippen LogP contribution in [0.3, 0.4) is 0 Å². The number of nitrogens with one attached hydrogen (secondary N) is 1. The van der Waals surface area contributed by atoms with E-state index in [1.54, 1.807) is 6.07 Å². The van der Waals surface area contributed by atoms with Crippen LogP contribution in [0.2, 0.25) is 0 Å². The highest BCUT2D eigenvalue weighted by Crippen LogP contribution is 2.31. The average Bonchev–Trinajstić information content (AvgIpc) is 3.09. The minimum atomic E-state index is -4.41. The Bertz CT molecular complexity index is 953. The molecule has 1 aliphatic heterocycles. The summed E-state index contributed by atoms with van der Waals surface area (Å²) >= 11 is 0. The number of anilines is 1. The number of aromatic nitrogens is 2. The standard InChI is InChI=1S/C16H13F3N4O2/c17-16(18,19)7-23-6-5-10(15(23)24)22-14-13-12(20-8-21-14)9-3-1-2-4-11(9)25-13/h1-4,8,10H,5-7H2,(H,20,21,22). The van der Waals surface area contributed by atoms with Gasteiger partial charge in [-0.25, -0.2) is 9.97 Å². The molecule has 0 bridgehead atoms. The first-order chi connectivity index (χ1) is 11.9. The molecule has 0 spiro atoms. The van der Waals surface area contributed by atoms with Gasteiger partial charge in [-0.05, 0) is 18.6 Å². The predicted molar refractivity (Wildman–Crippen MR) is 84.0 cm³/mol. The van der Waals surface area contributed by atoms with E-state index in [1.807, 2.05) is 18.2 Å². The molecule has 130 valence electrons. The van der Waals surface area contributed by atoms with Gasteiger partial charge in [0, 0.05) is 11.9 Å². The topological polar surface area (TPSA) is 71.3 Å². The monoisotopic (exact) mass is 350 g/mol. The van der Waals surface area contributed by atoms with Crippen LogP contribution in [0.5, 0.6) is 0 Å². The van der Waals surface area contributed by atoms with Crippen LogP contribution in [0, 0.1) is 0 Å². The molecule has 3 heterocycles. The van der Waals surface area contributed by atoms with E-state index in [-0.39, 0.29) is 13.0 Å². The van der Waals surface area contributed by atoms with E-state index in [4.69, 9.17) is 4.42 Å². The van der Waals surface area contributed by atoms with Crippen molar-refractivity contribution in [3.05, 3.63) is 30.6 Å². The number of benzene rings is 1. The lowest BCUT2D eigenvalue weighted by Gasteiger charge is -2.18. The van der Waals surface area contributed by atoms with Crippen molar-refractivity contribution in [2.45, 2.75) is 18.6 Å². The lowest BCUT2D eigenvalue weighted by Crippen LogP contribution is -2.39. The largest absolute Gasteiger partial charge is 0.450 e. The Kier molecular flexibility index (Phi) is 3.52. The summed E-state index contributed by atoms with van der Waals surface area (Å²) in [5.74, 6) is -0.298. The first-order valence-corrected chi connectivity index (χ1v) is 7.67. The maximum absolute atomic E-state index is 12.5. The number of likely N-dealkylation sites (tertiary alicyclic amines) is 1. The molecule has 1 amide bonds. The molecule has 1 saturated heterocycles. The third kappa shape index (κ3) is 2.86. The van der Waals surface area contributed by atoms with Crippen LogP contribution in [0.1, 0.15) is 6.42 Å². The molecule has 0 radical (unpaired) electrons. The molecule has 9 heteroatoms. The number of rotatable bonds is 3. The van der Waals surface area contributed by atoms with Crippen molar-refractivity contribution in [3.8, 4) is 0 Å². The minimum absolute atomic E-state index is 0.0460. The van der Waals surface area contributed by atoms with Crippen LogP contribution >= 0.6 is 0 Å². The fourth-order valence-electron chi connectivity index (χ4n) is 3.04. The van der Waals surface area contributed by atoms with E-state index in [9.17, 15) is 18.0 Å². The summed E-state index contributed by atoms with van der Waals surface area (Å²) in [5.41, 5.74) is 1.59. The number of halogens is 3. The highest BCUT2D eigenvalue weighted by molar-refractivity contribution is 6.05. The zero-order chi connectivity index (χ0) is 17.6. The van der Waals surface area contributed by atoms with Crippen LogP contribution in [-0.2, 0) is 4.79 Å². The Labute approximate surface area is 139 Å². The molecule has 3 aromatic rings. The van der Waals surface area contributed by atoms with Crippen molar-refractivity contribution in [3.63, 3.8) is 0 Å². The normalized spacial score (nSPS) is 18.4. The Morgan fingerprint density at radius 3 is 2.88 bits per heavy atom. The van der Waals surface area contributed by atoms with E-state index >= 15 is 0 Å². The molecule has 25 heavy (non-hydrogen) atoms. The van der Waals surface area contributed by atoms with Gasteiger partial charge in [-0.1, -0.05) is 12.1 Å². The van der Waals surface area contributed by atoms with Gasteiger partial charge in [-0.3, -0.25) is 4.79 Å². The number of para-hydroxylation sites is 1. The quantitative estimate of drug-likeness (QED) is 0.786. The van der Waals surface area contributed by atoms with E-state index in [0.717, 1.165) is 10.3 Å². The molecule has 2 aromatic heterocycles. The Hall–Kier alpha value is -2.84. The molecule has 0 aliphatic carbocycles. The number of nitrogens with zero attached hydrogens (tertiary/aromatic N) is 3. The predicted octanol–water partition coefficient (Wildman–Crippen LogP) is 2.95.